The van der Waals surface area contributed by atoms with Gasteiger partial charge in [-0.15, -0.1) is 10.2 Å². The number of nitrogens with one attached hydrogen (secondary N) is 1. The van der Waals surface area contributed by atoms with E-state index in [-0.39, 0.29) is 11.7 Å². The second-order valence-corrected chi connectivity index (χ2v) is 7.71. The van der Waals surface area contributed by atoms with Gasteiger partial charge in [0, 0.05) is 15.9 Å². The summed E-state index contributed by atoms with van der Waals surface area (Å²) in [6.07, 6.45) is 2.43. The van der Waals surface area contributed by atoms with Gasteiger partial charge in [0.15, 0.2) is 5.69 Å². The molecule has 0 saturated heterocycles. The number of aromatic nitrogens is 2. The molecule has 132 valence electrons. The van der Waals surface area contributed by atoms with Crippen LogP contribution in [0.15, 0.2) is 46.9 Å². The van der Waals surface area contributed by atoms with E-state index in [1.807, 2.05) is 42.5 Å². The molecular formula is C20H19BrN4O. The molecular weight excluding hydrogens is 392 g/mol. The molecule has 0 bridgehead atoms. The highest BCUT2D eigenvalue weighted by Gasteiger charge is 2.29. The van der Waals surface area contributed by atoms with Gasteiger partial charge >= 0.3 is 0 Å². The van der Waals surface area contributed by atoms with Gasteiger partial charge in [0.1, 0.15) is 0 Å². The van der Waals surface area contributed by atoms with Gasteiger partial charge in [-0.1, -0.05) is 34.1 Å². The molecule has 0 radical (unpaired) electrons. The molecule has 1 saturated carbocycles. The first-order chi connectivity index (χ1) is 12.5. The molecule has 5 nitrogen and oxygen atoms in total. The topological polar surface area (TPSA) is 80.9 Å². The number of carbonyl (C=O) groups is 1. The monoisotopic (exact) mass is 410 g/mol. The summed E-state index contributed by atoms with van der Waals surface area (Å²) in [6, 6.07) is 14.4. The van der Waals surface area contributed by atoms with Crippen LogP contribution in [0.3, 0.4) is 0 Å². The fourth-order valence-electron chi connectivity index (χ4n) is 3.19. The highest BCUT2D eigenvalue weighted by Crippen LogP contribution is 2.36. The van der Waals surface area contributed by atoms with Gasteiger partial charge in [0.25, 0.3) is 5.91 Å². The van der Waals surface area contributed by atoms with Gasteiger partial charge in [-0.3, -0.25) is 4.79 Å². The van der Waals surface area contributed by atoms with Gasteiger partial charge in [-0.05, 0) is 61.1 Å². The van der Waals surface area contributed by atoms with Crippen LogP contribution >= 0.6 is 15.9 Å². The fraction of sp³-hybridized carbons (Fsp3) is 0.250. The Labute approximate surface area is 160 Å². The number of benzene rings is 2. The number of amides is 1. The lowest BCUT2D eigenvalue weighted by Crippen LogP contribution is -2.23. The molecule has 1 aliphatic rings. The summed E-state index contributed by atoms with van der Waals surface area (Å²) in [5.41, 5.74) is 9.28. The van der Waals surface area contributed by atoms with E-state index in [2.05, 4.69) is 38.4 Å². The predicted octanol–water partition coefficient (Wildman–Crippen LogP) is 4.37. The second-order valence-electron chi connectivity index (χ2n) is 6.80. The van der Waals surface area contributed by atoms with Crippen molar-refractivity contribution in [2.75, 3.05) is 5.32 Å². The second kappa shape index (κ2) is 6.68. The molecule has 2 aromatic carbocycles. The van der Waals surface area contributed by atoms with E-state index in [1.54, 1.807) is 0 Å². The SMILES string of the molecule is C[C@@H](Nc1c(C(N)=O)nnc2cc(-c3ccc(Br)cc3)ccc12)C1CC1. The van der Waals surface area contributed by atoms with Gasteiger partial charge in [0.2, 0.25) is 0 Å². The number of fused-ring (bicyclic) bond motifs is 1. The van der Waals surface area contributed by atoms with Crippen molar-refractivity contribution in [1.29, 1.82) is 0 Å². The number of nitrogens with zero attached hydrogens (tertiary/aromatic N) is 2. The molecule has 26 heavy (non-hydrogen) atoms. The average molecular weight is 411 g/mol. The van der Waals surface area contributed by atoms with Crippen molar-refractivity contribution in [3.8, 4) is 11.1 Å². The number of anilines is 1. The van der Waals surface area contributed by atoms with Crippen LogP contribution < -0.4 is 11.1 Å². The minimum Gasteiger partial charge on any atom is -0.380 e. The first-order valence-electron chi connectivity index (χ1n) is 8.65. The van der Waals surface area contributed by atoms with Crippen LogP contribution in [-0.2, 0) is 0 Å². The lowest BCUT2D eigenvalue weighted by atomic mass is 10.0. The van der Waals surface area contributed by atoms with Crippen molar-refractivity contribution >= 4 is 38.4 Å². The largest absolute Gasteiger partial charge is 0.380 e. The third kappa shape index (κ3) is 3.29. The van der Waals surface area contributed by atoms with E-state index < -0.39 is 5.91 Å². The zero-order valence-corrected chi connectivity index (χ0v) is 16.0. The number of hydrogen-bond acceptors (Lipinski definition) is 4. The minimum absolute atomic E-state index is 0.196. The number of carbonyl (C=O) groups excluding carboxylic acids is 1. The van der Waals surface area contributed by atoms with Crippen LogP contribution in [0.1, 0.15) is 30.3 Å². The Hall–Kier alpha value is -2.47. The van der Waals surface area contributed by atoms with Crippen molar-refractivity contribution in [1.82, 2.24) is 10.2 Å². The molecule has 3 aromatic rings. The summed E-state index contributed by atoms with van der Waals surface area (Å²) in [6.45, 7) is 2.13. The lowest BCUT2D eigenvalue weighted by Gasteiger charge is -2.18. The zero-order chi connectivity index (χ0) is 18.3. The summed E-state index contributed by atoms with van der Waals surface area (Å²) >= 11 is 3.45. The normalized spacial score (nSPS) is 15.0. The van der Waals surface area contributed by atoms with Crippen molar-refractivity contribution in [3.63, 3.8) is 0 Å². The van der Waals surface area contributed by atoms with E-state index in [0.29, 0.717) is 11.6 Å². The number of rotatable bonds is 5. The van der Waals surface area contributed by atoms with E-state index in [4.69, 9.17) is 5.73 Å². The van der Waals surface area contributed by atoms with Crippen molar-refractivity contribution < 1.29 is 4.79 Å². The van der Waals surface area contributed by atoms with Gasteiger partial charge in [-0.25, -0.2) is 0 Å². The maximum Gasteiger partial charge on any atom is 0.271 e. The first kappa shape index (κ1) is 17.0. The molecule has 1 amide bonds. The molecule has 0 aliphatic heterocycles. The highest BCUT2D eigenvalue weighted by molar-refractivity contribution is 9.10. The number of hydrogen-bond donors (Lipinski definition) is 2. The van der Waals surface area contributed by atoms with Crippen LogP contribution in [0.5, 0.6) is 0 Å². The number of nitrogens with two attached hydrogens (primary N) is 1. The Kier molecular flexibility index (Phi) is 4.36. The van der Waals surface area contributed by atoms with E-state index in [9.17, 15) is 4.79 Å². The molecule has 6 heteroatoms. The fourth-order valence-corrected chi connectivity index (χ4v) is 3.45. The molecule has 0 unspecified atom stereocenters. The van der Waals surface area contributed by atoms with Crippen LogP contribution in [0, 0.1) is 5.92 Å². The molecule has 1 heterocycles. The minimum atomic E-state index is -0.568. The average Bonchev–Trinajstić information content (AvgIpc) is 3.47. The highest BCUT2D eigenvalue weighted by atomic mass is 79.9. The third-order valence-electron chi connectivity index (χ3n) is 4.87. The van der Waals surface area contributed by atoms with E-state index in [1.165, 1.54) is 12.8 Å². The van der Waals surface area contributed by atoms with Gasteiger partial charge in [0.05, 0.1) is 11.2 Å². The number of halogens is 1. The maximum absolute atomic E-state index is 11.8. The quantitative estimate of drug-likeness (QED) is 0.654. The molecule has 1 aliphatic carbocycles. The number of primary amides is 1. The van der Waals surface area contributed by atoms with Crippen LogP contribution in [-0.4, -0.2) is 22.1 Å². The molecule has 3 N–H and O–H groups in total. The Morgan fingerprint density at radius 1 is 1.15 bits per heavy atom. The Morgan fingerprint density at radius 2 is 1.85 bits per heavy atom. The molecule has 1 atom stereocenters. The van der Waals surface area contributed by atoms with Gasteiger partial charge < -0.3 is 11.1 Å². The van der Waals surface area contributed by atoms with Crippen LogP contribution in [0.25, 0.3) is 22.0 Å². The van der Waals surface area contributed by atoms with E-state index in [0.717, 1.165) is 26.5 Å². The third-order valence-corrected chi connectivity index (χ3v) is 5.40. The molecule has 0 spiro atoms. The van der Waals surface area contributed by atoms with E-state index >= 15 is 0 Å². The Balaban J connectivity index is 1.80. The summed E-state index contributed by atoms with van der Waals surface area (Å²) in [4.78, 5) is 11.8. The summed E-state index contributed by atoms with van der Waals surface area (Å²) in [5, 5.41) is 12.6. The molecule has 1 aromatic heterocycles. The van der Waals surface area contributed by atoms with Crippen molar-refractivity contribution in [2.24, 2.45) is 11.7 Å². The Bertz CT molecular complexity index is 983. The lowest BCUT2D eigenvalue weighted by molar-refractivity contribution is 0.0995. The van der Waals surface area contributed by atoms with Crippen LogP contribution in [0.4, 0.5) is 5.69 Å². The smallest absolute Gasteiger partial charge is 0.271 e. The standard InChI is InChI=1S/C20H19BrN4O/c1-11(12-2-3-12)23-18-16-9-6-14(13-4-7-15(21)8-5-13)10-17(16)24-25-19(18)20(22)26/h4-12H,2-3H2,1H3,(H2,22,26)(H,23,24)/t11-/m1/s1. The first-order valence-corrected chi connectivity index (χ1v) is 9.45. The molecule has 1 fully saturated rings. The summed E-state index contributed by atoms with van der Waals surface area (Å²) < 4.78 is 1.04. The van der Waals surface area contributed by atoms with Gasteiger partial charge in [-0.2, -0.15) is 0 Å². The maximum atomic E-state index is 11.8. The van der Waals surface area contributed by atoms with Crippen LogP contribution in [0.2, 0.25) is 0 Å². The zero-order valence-electron chi connectivity index (χ0n) is 14.4. The summed E-state index contributed by atoms with van der Waals surface area (Å²) in [7, 11) is 0. The molecule has 4 rings (SSSR count). The van der Waals surface area contributed by atoms with Crippen molar-refractivity contribution in [3.05, 3.63) is 52.6 Å². The summed E-state index contributed by atoms with van der Waals surface area (Å²) in [5.74, 6) is 0.0721. The predicted molar refractivity (Wildman–Crippen MR) is 107 cm³/mol. The van der Waals surface area contributed by atoms with Crippen molar-refractivity contribution in [2.45, 2.75) is 25.8 Å². The Morgan fingerprint density at radius 3 is 2.50 bits per heavy atom.